The van der Waals surface area contributed by atoms with Crippen LogP contribution >= 0.6 is 0 Å². The molecule has 100 valence electrons. The van der Waals surface area contributed by atoms with E-state index in [1.807, 2.05) is 42.8 Å². The predicted octanol–water partition coefficient (Wildman–Crippen LogP) is 3.78. The monoisotopic (exact) mass is 256 g/mol. The van der Waals surface area contributed by atoms with Gasteiger partial charge in [0.25, 0.3) is 0 Å². The lowest BCUT2D eigenvalue weighted by atomic mass is 9.99. The summed E-state index contributed by atoms with van der Waals surface area (Å²) in [4.78, 5) is 11.8. The highest BCUT2D eigenvalue weighted by molar-refractivity contribution is 5.97. The van der Waals surface area contributed by atoms with E-state index < -0.39 is 0 Å². The molecule has 0 radical (unpaired) electrons. The van der Waals surface area contributed by atoms with Gasteiger partial charge < -0.3 is 0 Å². The molecule has 0 bridgehead atoms. The SMILES string of the molecule is CCC(=O)c1cccc(-c2c(C)nn(CC)c2C)c1. The van der Waals surface area contributed by atoms with Crippen molar-refractivity contribution < 1.29 is 4.79 Å². The molecule has 3 heteroatoms. The van der Waals surface area contributed by atoms with Crippen LogP contribution in [-0.2, 0) is 6.54 Å². The van der Waals surface area contributed by atoms with Gasteiger partial charge in [-0.2, -0.15) is 5.10 Å². The Morgan fingerprint density at radius 2 is 2.00 bits per heavy atom. The smallest absolute Gasteiger partial charge is 0.162 e. The molecule has 2 aromatic rings. The second-order valence-corrected chi connectivity index (χ2v) is 4.72. The number of carbonyl (C=O) groups is 1. The molecule has 0 fully saturated rings. The lowest BCUT2D eigenvalue weighted by molar-refractivity contribution is 0.0988. The van der Waals surface area contributed by atoms with Gasteiger partial charge in [-0.15, -0.1) is 0 Å². The number of rotatable bonds is 4. The van der Waals surface area contributed by atoms with Gasteiger partial charge in [0.1, 0.15) is 0 Å². The maximum Gasteiger partial charge on any atom is 0.162 e. The number of Topliss-reactive ketones (excluding diaryl/α,β-unsaturated/α-hetero) is 1. The molecule has 0 aliphatic rings. The van der Waals surface area contributed by atoms with Crippen molar-refractivity contribution in [3.63, 3.8) is 0 Å². The van der Waals surface area contributed by atoms with Gasteiger partial charge in [-0.25, -0.2) is 0 Å². The van der Waals surface area contributed by atoms with Crippen LogP contribution in [0.25, 0.3) is 11.1 Å². The van der Waals surface area contributed by atoms with Crippen LogP contribution in [-0.4, -0.2) is 15.6 Å². The first kappa shape index (κ1) is 13.5. The van der Waals surface area contributed by atoms with Crippen LogP contribution in [0.1, 0.15) is 42.0 Å². The topological polar surface area (TPSA) is 34.9 Å². The van der Waals surface area contributed by atoms with Gasteiger partial charge in [-0.05, 0) is 32.4 Å². The highest BCUT2D eigenvalue weighted by atomic mass is 16.1. The van der Waals surface area contributed by atoms with E-state index in [2.05, 4.69) is 18.9 Å². The lowest BCUT2D eigenvalue weighted by Crippen LogP contribution is -1.99. The Morgan fingerprint density at radius 3 is 2.58 bits per heavy atom. The first-order chi connectivity index (χ1) is 9.08. The van der Waals surface area contributed by atoms with Crippen LogP contribution in [0.5, 0.6) is 0 Å². The zero-order valence-electron chi connectivity index (χ0n) is 12.0. The van der Waals surface area contributed by atoms with Crippen molar-refractivity contribution in [3.8, 4) is 11.1 Å². The van der Waals surface area contributed by atoms with Crippen LogP contribution < -0.4 is 0 Å². The maximum atomic E-state index is 11.8. The Hall–Kier alpha value is -1.90. The number of hydrogen-bond acceptors (Lipinski definition) is 2. The second-order valence-electron chi connectivity index (χ2n) is 4.72. The standard InChI is InChI=1S/C16H20N2O/c1-5-15(19)13-8-7-9-14(10-13)16-11(3)17-18(6-2)12(16)4/h7-10H,5-6H2,1-4H3. The minimum absolute atomic E-state index is 0.181. The van der Waals surface area contributed by atoms with E-state index in [9.17, 15) is 4.79 Å². The fraction of sp³-hybridized carbons (Fsp3) is 0.375. The molecule has 0 spiro atoms. The molecule has 19 heavy (non-hydrogen) atoms. The van der Waals surface area contributed by atoms with Gasteiger partial charge in [0, 0.05) is 29.8 Å². The zero-order valence-corrected chi connectivity index (χ0v) is 12.0. The molecule has 2 rings (SSSR count). The number of aromatic nitrogens is 2. The van der Waals surface area contributed by atoms with E-state index in [4.69, 9.17) is 0 Å². The predicted molar refractivity (Wildman–Crippen MR) is 77.4 cm³/mol. The summed E-state index contributed by atoms with van der Waals surface area (Å²) in [6, 6.07) is 7.84. The third-order valence-corrected chi connectivity index (χ3v) is 3.48. The van der Waals surface area contributed by atoms with Gasteiger partial charge >= 0.3 is 0 Å². The van der Waals surface area contributed by atoms with Crippen LogP contribution in [0.3, 0.4) is 0 Å². The van der Waals surface area contributed by atoms with E-state index in [-0.39, 0.29) is 5.78 Å². The summed E-state index contributed by atoms with van der Waals surface area (Å²) in [5.41, 5.74) is 5.17. The molecule has 0 aliphatic carbocycles. The molecule has 1 aromatic carbocycles. The molecule has 1 aromatic heterocycles. The summed E-state index contributed by atoms with van der Waals surface area (Å²) >= 11 is 0. The molecule has 1 heterocycles. The normalized spacial score (nSPS) is 10.7. The van der Waals surface area contributed by atoms with Gasteiger partial charge in [0.15, 0.2) is 5.78 Å². The molecule has 0 amide bonds. The van der Waals surface area contributed by atoms with Crippen molar-refractivity contribution in [3.05, 3.63) is 41.2 Å². The van der Waals surface area contributed by atoms with E-state index in [1.54, 1.807) is 0 Å². The minimum Gasteiger partial charge on any atom is -0.294 e. The van der Waals surface area contributed by atoms with E-state index >= 15 is 0 Å². The van der Waals surface area contributed by atoms with Crippen molar-refractivity contribution in [1.29, 1.82) is 0 Å². The van der Waals surface area contributed by atoms with E-state index in [0.29, 0.717) is 6.42 Å². The molecule has 3 nitrogen and oxygen atoms in total. The number of hydrogen-bond donors (Lipinski definition) is 0. The number of nitrogens with zero attached hydrogens (tertiary/aromatic N) is 2. The summed E-state index contributed by atoms with van der Waals surface area (Å²) in [6.45, 7) is 8.93. The van der Waals surface area contributed by atoms with Gasteiger partial charge in [0.2, 0.25) is 0 Å². The Kier molecular flexibility index (Phi) is 3.84. The van der Waals surface area contributed by atoms with Crippen molar-refractivity contribution in [2.24, 2.45) is 0 Å². The van der Waals surface area contributed by atoms with E-state index in [0.717, 1.165) is 34.6 Å². The molecular formula is C16H20N2O. The van der Waals surface area contributed by atoms with Crippen LogP contribution in [0.15, 0.2) is 24.3 Å². The van der Waals surface area contributed by atoms with Crippen LogP contribution in [0.4, 0.5) is 0 Å². The second kappa shape index (κ2) is 5.39. The molecule has 0 saturated carbocycles. The highest BCUT2D eigenvalue weighted by Crippen LogP contribution is 2.27. The number of aryl methyl sites for hydroxylation is 2. The fourth-order valence-electron chi connectivity index (χ4n) is 2.47. The summed E-state index contributed by atoms with van der Waals surface area (Å²) in [5, 5.41) is 4.53. The Morgan fingerprint density at radius 1 is 1.26 bits per heavy atom. The molecule has 0 unspecified atom stereocenters. The molecular weight excluding hydrogens is 236 g/mol. The minimum atomic E-state index is 0.181. The highest BCUT2D eigenvalue weighted by Gasteiger charge is 2.13. The van der Waals surface area contributed by atoms with Crippen molar-refractivity contribution in [2.75, 3.05) is 0 Å². The van der Waals surface area contributed by atoms with Crippen LogP contribution in [0, 0.1) is 13.8 Å². The summed E-state index contributed by atoms with van der Waals surface area (Å²) in [5.74, 6) is 0.181. The number of carbonyl (C=O) groups excluding carboxylic acids is 1. The fourth-order valence-corrected chi connectivity index (χ4v) is 2.47. The van der Waals surface area contributed by atoms with Crippen molar-refractivity contribution in [2.45, 2.75) is 40.7 Å². The quantitative estimate of drug-likeness (QED) is 0.780. The first-order valence-electron chi connectivity index (χ1n) is 6.76. The Labute approximate surface area is 114 Å². The lowest BCUT2D eigenvalue weighted by Gasteiger charge is -2.05. The number of ketones is 1. The molecule has 0 atom stereocenters. The third-order valence-electron chi connectivity index (χ3n) is 3.48. The Balaban J connectivity index is 2.53. The maximum absolute atomic E-state index is 11.8. The third kappa shape index (κ3) is 2.46. The Bertz CT molecular complexity index is 611. The number of benzene rings is 1. The summed E-state index contributed by atoms with van der Waals surface area (Å²) < 4.78 is 2.00. The van der Waals surface area contributed by atoms with Crippen molar-refractivity contribution in [1.82, 2.24) is 9.78 Å². The van der Waals surface area contributed by atoms with Gasteiger partial charge in [-0.3, -0.25) is 9.48 Å². The summed E-state index contributed by atoms with van der Waals surface area (Å²) in [6.07, 6.45) is 0.537. The zero-order chi connectivity index (χ0) is 14.0. The van der Waals surface area contributed by atoms with Crippen molar-refractivity contribution >= 4 is 5.78 Å². The average Bonchev–Trinajstić information content (AvgIpc) is 2.72. The molecule has 0 aliphatic heterocycles. The van der Waals surface area contributed by atoms with Crippen LogP contribution in [0.2, 0.25) is 0 Å². The van der Waals surface area contributed by atoms with Gasteiger partial charge in [-0.1, -0.05) is 25.1 Å². The van der Waals surface area contributed by atoms with E-state index in [1.165, 1.54) is 0 Å². The molecule has 0 N–H and O–H groups in total. The molecule has 0 saturated heterocycles. The average molecular weight is 256 g/mol. The first-order valence-corrected chi connectivity index (χ1v) is 6.76. The largest absolute Gasteiger partial charge is 0.294 e. The van der Waals surface area contributed by atoms with Gasteiger partial charge in [0.05, 0.1) is 5.69 Å². The summed E-state index contributed by atoms with van der Waals surface area (Å²) in [7, 11) is 0.